The maximum Gasteiger partial charge on any atom is 0.324 e. The molecule has 1 aromatic rings. The van der Waals surface area contributed by atoms with Crippen molar-refractivity contribution in [2.45, 2.75) is 6.04 Å². The Hall–Kier alpha value is -1.26. The number of likely N-dealkylation sites (N-methyl/N-ethyl adjacent to an activating group) is 1. The summed E-state index contributed by atoms with van der Waals surface area (Å²) >= 11 is 6.06. The molecule has 5 heteroatoms. The zero-order valence-electron chi connectivity index (χ0n) is 9.06. The van der Waals surface area contributed by atoms with Gasteiger partial charge in [-0.15, -0.1) is 0 Å². The Morgan fingerprint density at radius 1 is 1.50 bits per heavy atom. The number of nitrogens with two attached hydrogens (primary N) is 1. The first kappa shape index (κ1) is 11.2. The molecule has 1 aliphatic heterocycles. The molecule has 16 heavy (non-hydrogen) atoms. The lowest BCUT2D eigenvalue weighted by atomic mass is 10.2. The molecule has 1 unspecified atom stereocenters. The maximum atomic E-state index is 12.0. The highest BCUT2D eigenvalue weighted by atomic mass is 35.5. The second kappa shape index (κ2) is 4.31. The Labute approximate surface area is 99.6 Å². The zero-order chi connectivity index (χ0) is 11.7. The van der Waals surface area contributed by atoms with Crippen LogP contribution < -0.4 is 10.6 Å². The van der Waals surface area contributed by atoms with Crippen molar-refractivity contribution in [3.8, 4) is 0 Å². The molecular weight excluding hydrogens is 226 g/mol. The van der Waals surface area contributed by atoms with Gasteiger partial charge in [-0.05, 0) is 12.1 Å². The quantitative estimate of drug-likeness (QED) is 0.851. The van der Waals surface area contributed by atoms with E-state index in [2.05, 4.69) is 0 Å². The van der Waals surface area contributed by atoms with Gasteiger partial charge in [-0.1, -0.05) is 23.7 Å². The first-order valence-corrected chi connectivity index (χ1v) is 5.52. The molecule has 2 rings (SSSR count). The normalized spacial score (nSPS) is 20.7. The number of amides is 2. The number of hydrogen-bond acceptors (Lipinski definition) is 2. The van der Waals surface area contributed by atoms with E-state index in [1.807, 2.05) is 18.2 Å². The number of nitrogens with zero attached hydrogens (tertiary/aromatic N) is 2. The van der Waals surface area contributed by atoms with E-state index in [-0.39, 0.29) is 12.1 Å². The van der Waals surface area contributed by atoms with Crippen LogP contribution in [-0.4, -0.2) is 37.1 Å². The highest BCUT2D eigenvalue weighted by Crippen LogP contribution is 2.29. The number of halogens is 1. The van der Waals surface area contributed by atoms with Crippen LogP contribution in [0.15, 0.2) is 24.3 Å². The number of urea groups is 1. The van der Waals surface area contributed by atoms with Crippen molar-refractivity contribution in [1.82, 2.24) is 4.90 Å². The Morgan fingerprint density at radius 2 is 2.19 bits per heavy atom. The smallest absolute Gasteiger partial charge is 0.324 e. The fraction of sp³-hybridized carbons (Fsp3) is 0.364. The van der Waals surface area contributed by atoms with Crippen LogP contribution >= 0.6 is 11.6 Å². The summed E-state index contributed by atoms with van der Waals surface area (Å²) in [5.41, 5.74) is 6.36. The lowest BCUT2D eigenvalue weighted by Gasteiger charge is -2.17. The summed E-state index contributed by atoms with van der Waals surface area (Å²) in [6, 6.07) is 7.33. The van der Waals surface area contributed by atoms with Crippen molar-refractivity contribution in [3.05, 3.63) is 29.3 Å². The van der Waals surface area contributed by atoms with Crippen molar-refractivity contribution in [2.24, 2.45) is 5.73 Å². The topological polar surface area (TPSA) is 49.6 Å². The number of carbonyl (C=O) groups is 1. The van der Waals surface area contributed by atoms with Crippen molar-refractivity contribution >= 4 is 23.3 Å². The Balaban J connectivity index is 2.30. The third-order valence-electron chi connectivity index (χ3n) is 2.89. The van der Waals surface area contributed by atoms with Gasteiger partial charge in [-0.25, -0.2) is 4.79 Å². The van der Waals surface area contributed by atoms with Crippen LogP contribution in [0.25, 0.3) is 0 Å². The molecule has 0 bridgehead atoms. The largest absolute Gasteiger partial charge is 0.328 e. The molecule has 0 spiro atoms. The molecule has 0 saturated carbocycles. The fourth-order valence-electron chi connectivity index (χ4n) is 1.86. The predicted octanol–water partition coefficient (Wildman–Crippen LogP) is 1.54. The minimum atomic E-state index is -0.0523. The summed E-state index contributed by atoms with van der Waals surface area (Å²) in [6.45, 7) is 1.05. The van der Waals surface area contributed by atoms with E-state index in [1.165, 1.54) is 0 Å². The number of rotatable bonds is 2. The summed E-state index contributed by atoms with van der Waals surface area (Å²) in [7, 11) is 1.76. The van der Waals surface area contributed by atoms with Crippen molar-refractivity contribution < 1.29 is 4.79 Å². The predicted molar refractivity (Wildman–Crippen MR) is 64.8 cm³/mol. The summed E-state index contributed by atoms with van der Waals surface area (Å²) in [5, 5.41) is 0.585. The molecule has 0 aliphatic carbocycles. The van der Waals surface area contributed by atoms with Crippen LogP contribution in [0.4, 0.5) is 10.5 Å². The van der Waals surface area contributed by atoms with Crippen LogP contribution in [0.3, 0.4) is 0 Å². The van der Waals surface area contributed by atoms with Gasteiger partial charge in [-0.3, -0.25) is 4.90 Å². The van der Waals surface area contributed by atoms with Gasteiger partial charge in [0, 0.05) is 20.1 Å². The minimum Gasteiger partial charge on any atom is -0.328 e. The van der Waals surface area contributed by atoms with Crippen LogP contribution in [-0.2, 0) is 0 Å². The Bertz CT molecular complexity index is 410. The number of benzene rings is 1. The van der Waals surface area contributed by atoms with Gasteiger partial charge in [0.05, 0.1) is 16.8 Å². The monoisotopic (exact) mass is 239 g/mol. The van der Waals surface area contributed by atoms with Gasteiger partial charge >= 0.3 is 6.03 Å². The van der Waals surface area contributed by atoms with E-state index in [0.29, 0.717) is 18.1 Å². The summed E-state index contributed by atoms with van der Waals surface area (Å²) in [6.07, 6.45) is 0. The summed E-state index contributed by atoms with van der Waals surface area (Å²) in [4.78, 5) is 15.3. The Kier molecular flexibility index (Phi) is 3.03. The van der Waals surface area contributed by atoms with Crippen LogP contribution in [0.5, 0.6) is 0 Å². The second-order valence-electron chi connectivity index (χ2n) is 3.85. The van der Waals surface area contributed by atoms with Crippen LogP contribution in [0.2, 0.25) is 5.02 Å². The molecule has 4 nitrogen and oxygen atoms in total. The average Bonchev–Trinajstić information content (AvgIpc) is 2.57. The van der Waals surface area contributed by atoms with Gasteiger partial charge in [0.2, 0.25) is 0 Å². The molecule has 86 valence electrons. The second-order valence-corrected chi connectivity index (χ2v) is 4.25. The van der Waals surface area contributed by atoms with Crippen molar-refractivity contribution in [2.75, 3.05) is 25.0 Å². The average molecular weight is 240 g/mol. The van der Waals surface area contributed by atoms with Crippen LogP contribution in [0, 0.1) is 0 Å². The maximum absolute atomic E-state index is 12.0. The molecule has 0 radical (unpaired) electrons. The molecule has 0 aromatic heterocycles. The van der Waals surface area contributed by atoms with Gasteiger partial charge in [-0.2, -0.15) is 0 Å². The van der Waals surface area contributed by atoms with E-state index in [4.69, 9.17) is 17.3 Å². The van der Waals surface area contributed by atoms with E-state index in [0.717, 1.165) is 5.69 Å². The summed E-state index contributed by atoms with van der Waals surface area (Å²) < 4.78 is 0. The standard InChI is InChI=1S/C11H14ClN3O/c1-14-8(6-13)7-15(11(14)16)10-5-3-2-4-9(10)12/h2-5,8H,6-7,13H2,1H3. The third kappa shape index (κ3) is 1.74. The van der Waals surface area contributed by atoms with Crippen molar-refractivity contribution in [1.29, 1.82) is 0 Å². The number of anilines is 1. The third-order valence-corrected chi connectivity index (χ3v) is 3.21. The molecule has 1 fully saturated rings. The van der Waals surface area contributed by atoms with E-state index in [9.17, 15) is 4.79 Å². The molecule has 1 atom stereocenters. The van der Waals surface area contributed by atoms with E-state index < -0.39 is 0 Å². The van der Waals surface area contributed by atoms with Gasteiger partial charge in [0.1, 0.15) is 0 Å². The van der Waals surface area contributed by atoms with Gasteiger partial charge in [0.15, 0.2) is 0 Å². The zero-order valence-corrected chi connectivity index (χ0v) is 9.81. The molecule has 1 aliphatic rings. The summed E-state index contributed by atoms with van der Waals surface area (Å²) in [5.74, 6) is 0. The SMILES string of the molecule is CN1C(=O)N(c2ccccc2Cl)CC1CN. The first-order valence-electron chi connectivity index (χ1n) is 5.14. The lowest BCUT2D eigenvalue weighted by Crippen LogP contribution is -2.35. The number of hydrogen-bond donors (Lipinski definition) is 1. The molecule has 2 amide bonds. The first-order chi connectivity index (χ1) is 7.65. The van der Waals surface area contributed by atoms with Crippen molar-refractivity contribution in [3.63, 3.8) is 0 Å². The van der Waals surface area contributed by atoms with E-state index in [1.54, 1.807) is 22.9 Å². The molecular formula is C11H14ClN3O. The van der Waals surface area contributed by atoms with Gasteiger partial charge in [0.25, 0.3) is 0 Å². The number of para-hydroxylation sites is 1. The fourth-order valence-corrected chi connectivity index (χ4v) is 2.10. The molecule has 2 N–H and O–H groups in total. The molecule has 1 heterocycles. The minimum absolute atomic E-state index is 0.0523. The van der Waals surface area contributed by atoms with Gasteiger partial charge < -0.3 is 10.6 Å². The highest BCUT2D eigenvalue weighted by molar-refractivity contribution is 6.33. The number of carbonyl (C=O) groups excluding carboxylic acids is 1. The highest BCUT2D eigenvalue weighted by Gasteiger charge is 2.35. The molecule has 1 saturated heterocycles. The Morgan fingerprint density at radius 3 is 2.75 bits per heavy atom. The van der Waals surface area contributed by atoms with E-state index >= 15 is 0 Å². The van der Waals surface area contributed by atoms with Crippen LogP contribution in [0.1, 0.15) is 0 Å². The molecule has 1 aromatic carbocycles. The lowest BCUT2D eigenvalue weighted by molar-refractivity contribution is 0.219.